The Morgan fingerprint density at radius 3 is 2.68 bits per heavy atom. The molecule has 0 unspecified atom stereocenters. The van der Waals surface area contributed by atoms with Gasteiger partial charge in [-0.1, -0.05) is 0 Å². The zero-order valence-electron chi connectivity index (χ0n) is 10.6. The fourth-order valence-corrected chi connectivity index (χ4v) is 3.50. The number of ether oxygens (including phenoxy) is 1. The molecule has 6 nitrogen and oxygen atoms in total. The van der Waals surface area contributed by atoms with Crippen LogP contribution in [0.25, 0.3) is 0 Å². The van der Waals surface area contributed by atoms with E-state index in [-0.39, 0.29) is 6.10 Å². The van der Waals surface area contributed by atoms with E-state index in [1.807, 2.05) is 18.4 Å². The molecule has 1 aliphatic carbocycles. The molecule has 1 atom stereocenters. The highest BCUT2D eigenvalue weighted by atomic mass is 32.1. The lowest BCUT2D eigenvalue weighted by Gasteiger charge is -2.29. The quantitative estimate of drug-likeness (QED) is 0.612. The van der Waals surface area contributed by atoms with Crippen LogP contribution in [0.2, 0.25) is 0 Å². The van der Waals surface area contributed by atoms with Gasteiger partial charge in [0, 0.05) is 16.8 Å². The van der Waals surface area contributed by atoms with Crippen LogP contribution < -0.4 is 5.32 Å². The first-order valence-electron chi connectivity index (χ1n) is 5.98. The lowest BCUT2D eigenvalue weighted by molar-refractivity contribution is 0.0248. The zero-order valence-corrected chi connectivity index (χ0v) is 12.3. The summed E-state index contributed by atoms with van der Waals surface area (Å²) in [4.78, 5) is 23.2. The fraction of sp³-hybridized carbons (Fsp3) is 0.636. The van der Waals surface area contributed by atoms with Crippen LogP contribution in [-0.2, 0) is 14.7 Å². The molecule has 108 valence electrons. The Bertz CT molecular complexity index is 473. The Morgan fingerprint density at radius 1 is 1.53 bits per heavy atom. The third-order valence-electron chi connectivity index (χ3n) is 3.33. The van der Waals surface area contributed by atoms with Crippen molar-refractivity contribution in [2.24, 2.45) is 0 Å². The number of hydrogen-bond donors (Lipinski definition) is 4. The topological polar surface area (TPSA) is 99.0 Å². The van der Waals surface area contributed by atoms with E-state index in [2.05, 4.69) is 16.8 Å². The average Bonchev–Trinajstić information content (AvgIpc) is 2.87. The first-order chi connectivity index (χ1) is 8.86. The van der Waals surface area contributed by atoms with Gasteiger partial charge in [-0.2, -0.15) is 0 Å². The lowest BCUT2D eigenvalue weighted by Crippen LogP contribution is -2.29. The predicted molar refractivity (Wildman–Crippen MR) is 72.1 cm³/mol. The summed E-state index contributed by atoms with van der Waals surface area (Å²) >= 11 is 1.92. The minimum absolute atomic E-state index is 0.285. The molecule has 0 bridgehead atoms. The maximum Gasteiger partial charge on any atom is 0.466 e. The molecule has 1 fully saturated rings. The second-order valence-corrected chi connectivity index (χ2v) is 6.80. The number of fused-ring (bicyclic) bond motifs is 2. The van der Waals surface area contributed by atoms with Gasteiger partial charge in [0.1, 0.15) is 0 Å². The third kappa shape index (κ3) is 3.86. The van der Waals surface area contributed by atoms with Crippen LogP contribution in [0.5, 0.6) is 0 Å². The minimum Gasteiger partial charge on any atom is -0.371 e. The Kier molecular flexibility index (Phi) is 4.47. The molecule has 2 heterocycles. The van der Waals surface area contributed by atoms with Gasteiger partial charge in [-0.25, -0.2) is 4.57 Å². The van der Waals surface area contributed by atoms with E-state index in [4.69, 9.17) is 24.0 Å². The molecular formula is C11H18NO5PS. The highest BCUT2D eigenvalue weighted by molar-refractivity contribution is 7.45. The van der Waals surface area contributed by atoms with Crippen molar-refractivity contribution in [1.29, 1.82) is 0 Å². The number of rotatable bonds is 2. The van der Waals surface area contributed by atoms with Gasteiger partial charge in [0.2, 0.25) is 0 Å². The number of nitrogens with one attached hydrogen (secondary N) is 1. The van der Waals surface area contributed by atoms with Crippen molar-refractivity contribution in [2.45, 2.75) is 24.4 Å². The van der Waals surface area contributed by atoms with Gasteiger partial charge in [-0.15, -0.1) is 11.3 Å². The molecule has 3 rings (SSSR count). The van der Waals surface area contributed by atoms with Gasteiger partial charge in [0.05, 0.1) is 12.7 Å². The Balaban J connectivity index is 0.000000232. The molecule has 0 saturated heterocycles. The summed E-state index contributed by atoms with van der Waals surface area (Å²) in [6.45, 7) is 1.87. The van der Waals surface area contributed by atoms with Gasteiger partial charge in [-0.3, -0.25) is 0 Å². The largest absolute Gasteiger partial charge is 0.466 e. The third-order valence-corrected chi connectivity index (χ3v) is 4.50. The monoisotopic (exact) mass is 307 g/mol. The van der Waals surface area contributed by atoms with E-state index in [0.29, 0.717) is 5.41 Å². The smallest absolute Gasteiger partial charge is 0.371 e. The normalized spacial score (nSPS) is 23.5. The lowest BCUT2D eigenvalue weighted by atomic mass is 9.96. The summed E-state index contributed by atoms with van der Waals surface area (Å²) < 4.78 is 14.8. The predicted octanol–water partition coefficient (Wildman–Crippen LogP) is 1.14. The van der Waals surface area contributed by atoms with Crippen molar-refractivity contribution in [1.82, 2.24) is 5.32 Å². The Morgan fingerprint density at radius 2 is 2.16 bits per heavy atom. The van der Waals surface area contributed by atoms with Crippen LogP contribution in [0.15, 0.2) is 11.4 Å². The maximum atomic E-state index is 8.88. The van der Waals surface area contributed by atoms with Crippen LogP contribution in [0.4, 0.5) is 0 Å². The first-order valence-corrected chi connectivity index (χ1v) is 8.42. The average molecular weight is 307 g/mol. The van der Waals surface area contributed by atoms with Gasteiger partial charge in [-0.05, 0) is 36.9 Å². The van der Waals surface area contributed by atoms with E-state index < -0.39 is 7.82 Å². The van der Waals surface area contributed by atoms with Crippen molar-refractivity contribution >= 4 is 19.2 Å². The highest BCUT2D eigenvalue weighted by Gasteiger charge is 2.50. The Hall–Kier alpha value is -0.270. The first kappa shape index (κ1) is 15.1. The highest BCUT2D eigenvalue weighted by Crippen LogP contribution is 2.55. The van der Waals surface area contributed by atoms with Crippen molar-refractivity contribution in [3.8, 4) is 0 Å². The number of hydrogen-bond acceptors (Lipinski definition) is 4. The van der Waals surface area contributed by atoms with Crippen molar-refractivity contribution < 1.29 is 24.0 Å². The summed E-state index contributed by atoms with van der Waals surface area (Å²) in [6.07, 6.45) is 2.94. The maximum absolute atomic E-state index is 8.88. The van der Waals surface area contributed by atoms with Gasteiger partial charge < -0.3 is 24.7 Å². The SMILES string of the molecule is CNC[C@@H]1OCC2(CC2)c2sccc21.O=P(O)(O)O. The van der Waals surface area contributed by atoms with Crippen molar-refractivity contribution in [2.75, 3.05) is 20.2 Å². The molecule has 1 aromatic rings. The minimum atomic E-state index is -4.64. The van der Waals surface area contributed by atoms with E-state index in [1.165, 1.54) is 18.4 Å². The van der Waals surface area contributed by atoms with Gasteiger partial charge >= 0.3 is 7.82 Å². The molecule has 1 spiro atoms. The summed E-state index contributed by atoms with van der Waals surface area (Å²) in [5.74, 6) is 0. The molecule has 2 aliphatic rings. The summed E-state index contributed by atoms with van der Waals surface area (Å²) in [5, 5.41) is 5.41. The van der Waals surface area contributed by atoms with Crippen LogP contribution in [0.3, 0.4) is 0 Å². The molecular weight excluding hydrogens is 289 g/mol. The van der Waals surface area contributed by atoms with Crippen LogP contribution in [-0.4, -0.2) is 34.9 Å². The fourth-order valence-electron chi connectivity index (χ4n) is 2.30. The Labute approximate surface area is 115 Å². The summed E-state index contributed by atoms with van der Waals surface area (Å²) in [6, 6.07) is 2.24. The number of thiophene rings is 1. The van der Waals surface area contributed by atoms with Crippen molar-refractivity contribution in [3.63, 3.8) is 0 Å². The molecule has 8 heteroatoms. The number of phosphoric acid groups is 1. The molecule has 1 saturated carbocycles. The molecule has 0 radical (unpaired) electrons. The molecule has 4 N–H and O–H groups in total. The van der Waals surface area contributed by atoms with E-state index in [1.54, 1.807) is 4.88 Å². The standard InChI is InChI=1S/C11H15NOS.H3O4P/c1-12-6-9-8-2-5-14-10(8)11(3-4-11)7-13-9;1-5(2,3)4/h2,5,9,12H,3-4,6-7H2,1H3;(H3,1,2,3,4)/t9-;/m0./s1. The summed E-state index contributed by atoms with van der Waals surface area (Å²) in [7, 11) is -2.66. The van der Waals surface area contributed by atoms with E-state index >= 15 is 0 Å². The number of likely N-dealkylation sites (N-methyl/N-ethyl adjacent to an activating group) is 1. The summed E-state index contributed by atoms with van der Waals surface area (Å²) in [5.41, 5.74) is 1.88. The molecule has 19 heavy (non-hydrogen) atoms. The van der Waals surface area contributed by atoms with Crippen molar-refractivity contribution in [3.05, 3.63) is 21.9 Å². The van der Waals surface area contributed by atoms with E-state index in [0.717, 1.165) is 13.2 Å². The second kappa shape index (κ2) is 5.61. The van der Waals surface area contributed by atoms with E-state index in [9.17, 15) is 0 Å². The molecule has 1 aromatic heterocycles. The van der Waals surface area contributed by atoms with Gasteiger partial charge in [0.25, 0.3) is 0 Å². The molecule has 1 aliphatic heterocycles. The van der Waals surface area contributed by atoms with Crippen LogP contribution >= 0.6 is 19.2 Å². The molecule has 0 amide bonds. The zero-order chi connectivity index (χ0) is 14.1. The molecule has 0 aromatic carbocycles. The second-order valence-electron chi connectivity index (χ2n) is 4.86. The van der Waals surface area contributed by atoms with Gasteiger partial charge in [0.15, 0.2) is 0 Å². The van der Waals surface area contributed by atoms with Crippen LogP contribution in [0.1, 0.15) is 29.4 Å². The van der Waals surface area contributed by atoms with Crippen LogP contribution in [0, 0.1) is 0 Å².